The third-order valence-electron chi connectivity index (χ3n) is 12.9. The Morgan fingerprint density at radius 2 is 1.12 bits per heavy atom. The fourth-order valence-electron chi connectivity index (χ4n) is 9.32. The molecule has 0 radical (unpaired) electrons. The van der Waals surface area contributed by atoms with E-state index in [4.69, 9.17) is 19.4 Å². The molecule has 2 unspecified atom stereocenters. The number of benzene rings is 7. The van der Waals surface area contributed by atoms with Crippen molar-refractivity contribution in [3.05, 3.63) is 258 Å². The molecular formula is C60H42IrN3O. The molecule has 0 saturated heterocycles. The number of pyridine rings is 3. The summed E-state index contributed by atoms with van der Waals surface area (Å²) in [4.78, 5) is 15.6. The Labute approximate surface area is 393 Å². The molecule has 0 saturated carbocycles. The van der Waals surface area contributed by atoms with Gasteiger partial charge in [-0.3, -0.25) is 15.0 Å². The number of furan rings is 1. The van der Waals surface area contributed by atoms with Gasteiger partial charge >= 0.3 is 20.1 Å². The SMILES string of the molecule is Cc1cc(-c2nc(C(C)(c3[c-]cccc3)c3ccccn3)cc3c2oc2c4ccccc4ccc32)[c-]c(C(C)(c2[c-]ccc(-c3ccc(-c4ccccc4)cc3)c2)c2ccccn2)c1.[Ir+3]. The van der Waals surface area contributed by atoms with Crippen molar-refractivity contribution >= 4 is 32.7 Å². The summed E-state index contributed by atoms with van der Waals surface area (Å²) < 4.78 is 7.04. The van der Waals surface area contributed by atoms with Crippen LogP contribution in [0.1, 0.15) is 53.2 Å². The van der Waals surface area contributed by atoms with Crippen molar-refractivity contribution in [3.8, 4) is 33.5 Å². The first-order chi connectivity index (χ1) is 31.4. The van der Waals surface area contributed by atoms with Gasteiger partial charge in [0.15, 0.2) is 0 Å². The van der Waals surface area contributed by atoms with Crippen LogP contribution in [0.25, 0.3) is 66.2 Å². The Hall–Kier alpha value is -7.30. The molecule has 11 rings (SSSR count). The second-order valence-electron chi connectivity index (χ2n) is 16.9. The Morgan fingerprint density at radius 3 is 1.85 bits per heavy atom. The zero-order chi connectivity index (χ0) is 43.3. The van der Waals surface area contributed by atoms with Crippen LogP contribution < -0.4 is 0 Å². The number of hydrogen-bond donors (Lipinski definition) is 0. The maximum atomic E-state index is 7.04. The van der Waals surface area contributed by atoms with Crippen LogP contribution in [-0.2, 0) is 30.9 Å². The second kappa shape index (κ2) is 17.0. The van der Waals surface area contributed by atoms with Crippen LogP contribution in [0.2, 0.25) is 0 Å². The minimum absolute atomic E-state index is 0. The molecule has 11 aromatic rings. The molecule has 0 aliphatic rings. The van der Waals surface area contributed by atoms with E-state index in [1.807, 2.05) is 54.9 Å². The Morgan fingerprint density at radius 1 is 0.462 bits per heavy atom. The summed E-state index contributed by atoms with van der Waals surface area (Å²) in [6, 6.07) is 76.4. The zero-order valence-corrected chi connectivity index (χ0v) is 38.5. The van der Waals surface area contributed by atoms with Crippen LogP contribution in [0.3, 0.4) is 0 Å². The molecule has 4 heterocycles. The van der Waals surface area contributed by atoms with E-state index in [1.54, 1.807) is 0 Å². The molecule has 0 N–H and O–H groups in total. The van der Waals surface area contributed by atoms with Crippen LogP contribution in [-0.4, -0.2) is 15.0 Å². The topological polar surface area (TPSA) is 51.8 Å². The zero-order valence-electron chi connectivity index (χ0n) is 36.1. The molecule has 4 nitrogen and oxygen atoms in total. The van der Waals surface area contributed by atoms with Gasteiger partial charge in [0, 0.05) is 45.4 Å². The standard InChI is InChI=1S/C60H42N3O.Ir/c1-40-35-46(38-49(36-40)59(2,53-25-12-14-33-61-53)48-23-16-20-45(37-48)43-29-27-42(28-30-43)41-17-6-4-7-18-41)56-58-52(51-32-31-44-19-10-11-24-50(44)57(51)64-58)39-55(63-56)60(3,47-21-8-5-9-22-47)54-26-13-15-34-62-54;/h4-21,24-37,39H,1-3H3;/q-3;+3. The first kappa shape index (κ1) is 41.7. The van der Waals surface area contributed by atoms with Crippen LogP contribution in [0, 0.1) is 25.1 Å². The summed E-state index contributed by atoms with van der Waals surface area (Å²) in [5.74, 6) is 0. The summed E-state index contributed by atoms with van der Waals surface area (Å²) in [7, 11) is 0. The van der Waals surface area contributed by atoms with Gasteiger partial charge in [0.25, 0.3) is 0 Å². The molecule has 0 aliphatic heterocycles. The van der Waals surface area contributed by atoms with Gasteiger partial charge in [0.2, 0.25) is 0 Å². The largest absolute Gasteiger partial charge is 3.00 e. The van der Waals surface area contributed by atoms with Crippen molar-refractivity contribution in [1.82, 2.24) is 15.0 Å². The van der Waals surface area contributed by atoms with Crippen molar-refractivity contribution in [2.75, 3.05) is 0 Å². The summed E-state index contributed by atoms with van der Waals surface area (Å²) >= 11 is 0. The molecule has 2 atom stereocenters. The fraction of sp³-hybridized carbons (Fsp3) is 0.0833. The summed E-state index contributed by atoms with van der Waals surface area (Å²) in [5.41, 5.74) is 12.7. The van der Waals surface area contributed by atoms with Crippen molar-refractivity contribution in [3.63, 3.8) is 0 Å². The Balaban J connectivity index is 0.00000498. The summed E-state index contributed by atoms with van der Waals surface area (Å²) in [6.45, 7) is 6.56. The van der Waals surface area contributed by atoms with Crippen molar-refractivity contribution in [2.24, 2.45) is 0 Å². The molecule has 0 bridgehead atoms. The summed E-state index contributed by atoms with van der Waals surface area (Å²) in [6.07, 6.45) is 3.71. The molecule has 0 fully saturated rings. The molecule has 7 aromatic carbocycles. The quantitative estimate of drug-likeness (QED) is 0.135. The normalized spacial score (nSPS) is 13.3. The van der Waals surface area contributed by atoms with Crippen molar-refractivity contribution < 1.29 is 24.5 Å². The van der Waals surface area contributed by atoms with E-state index in [9.17, 15) is 0 Å². The molecule has 0 aliphatic carbocycles. The third-order valence-corrected chi connectivity index (χ3v) is 12.9. The second-order valence-corrected chi connectivity index (χ2v) is 16.9. The average molecular weight is 1010 g/mol. The van der Waals surface area contributed by atoms with E-state index in [-0.39, 0.29) is 20.1 Å². The van der Waals surface area contributed by atoms with Gasteiger partial charge in [-0.1, -0.05) is 104 Å². The van der Waals surface area contributed by atoms with E-state index in [0.29, 0.717) is 11.3 Å². The van der Waals surface area contributed by atoms with Crippen molar-refractivity contribution in [2.45, 2.75) is 31.6 Å². The first-order valence-electron chi connectivity index (χ1n) is 21.7. The first-order valence-corrected chi connectivity index (χ1v) is 21.7. The van der Waals surface area contributed by atoms with Gasteiger partial charge in [-0.05, 0) is 72.3 Å². The maximum Gasteiger partial charge on any atom is 3.00 e. The molecule has 65 heavy (non-hydrogen) atoms. The smallest absolute Gasteiger partial charge is 0.463 e. The maximum absolute atomic E-state index is 7.04. The van der Waals surface area contributed by atoms with E-state index < -0.39 is 10.8 Å². The van der Waals surface area contributed by atoms with Gasteiger partial charge in [-0.15, -0.1) is 51.6 Å². The number of aromatic nitrogens is 3. The number of rotatable bonds is 9. The minimum atomic E-state index is -0.768. The number of aryl methyl sites for hydroxylation is 1. The van der Waals surface area contributed by atoms with Crippen LogP contribution in [0.15, 0.2) is 205 Å². The monoisotopic (exact) mass is 1010 g/mol. The van der Waals surface area contributed by atoms with Gasteiger partial charge in [-0.2, -0.15) is 54.6 Å². The van der Waals surface area contributed by atoms with Crippen LogP contribution in [0.5, 0.6) is 0 Å². The molecule has 4 aromatic heterocycles. The molecular weight excluding hydrogens is 971 g/mol. The Kier molecular flexibility index (Phi) is 10.9. The van der Waals surface area contributed by atoms with Crippen LogP contribution >= 0.6 is 0 Å². The van der Waals surface area contributed by atoms with E-state index >= 15 is 0 Å². The number of hydrogen-bond acceptors (Lipinski definition) is 4. The molecule has 0 spiro atoms. The molecule has 312 valence electrons. The predicted octanol–water partition coefficient (Wildman–Crippen LogP) is 14.3. The molecule has 5 heteroatoms. The number of fused-ring (bicyclic) bond motifs is 5. The van der Waals surface area contributed by atoms with E-state index in [1.165, 1.54) is 11.1 Å². The predicted molar refractivity (Wildman–Crippen MR) is 259 cm³/mol. The van der Waals surface area contributed by atoms with E-state index in [2.05, 4.69) is 185 Å². The third kappa shape index (κ3) is 7.28. The van der Waals surface area contributed by atoms with E-state index in [0.717, 1.165) is 83.2 Å². The minimum Gasteiger partial charge on any atom is -0.463 e. The molecule has 0 amide bonds. The van der Waals surface area contributed by atoms with Crippen LogP contribution in [0.4, 0.5) is 0 Å². The average Bonchev–Trinajstić information content (AvgIpc) is 3.76. The number of nitrogens with zero attached hydrogens (tertiary/aromatic N) is 3. The Bertz CT molecular complexity index is 3420. The van der Waals surface area contributed by atoms with Gasteiger partial charge in [-0.25, -0.2) is 0 Å². The van der Waals surface area contributed by atoms with Gasteiger partial charge in [0.05, 0.1) is 16.8 Å². The summed E-state index contributed by atoms with van der Waals surface area (Å²) in [5, 5.41) is 4.16. The van der Waals surface area contributed by atoms with Gasteiger partial charge < -0.3 is 4.42 Å². The fourth-order valence-corrected chi connectivity index (χ4v) is 9.32. The van der Waals surface area contributed by atoms with Gasteiger partial charge in [0.1, 0.15) is 11.2 Å². The van der Waals surface area contributed by atoms with Crippen molar-refractivity contribution in [1.29, 1.82) is 0 Å².